The van der Waals surface area contributed by atoms with Crippen LogP contribution in [0.3, 0.4) is 0 Å². The van der Waals surface area contributed by atoms with Gasteiger partial charge in [-0.25, -0.2) is 8.42 Å². The lowest BCUT2D eigenvalue weighted by molar-refractivity contribution is -0.139. The molecule has 196 valence electrons. The van der Waals surface area contributed by atoms with E-state index in [1.807, 2.05) is 0 Å². The van der Waals surface area contributed by atoms with Gasteiger partial charge in [-0.1, -0.05) is 72.3 Å². The third-order valence-corrected chi connectivity index (χ3v) is 8.32. The summed E-state index contributed by atoms with van der Waals surface area (Å²) in [5, 5.41) is 3.88. The Balaban J connectivity index is 1.91. The predicted molar refractivity (Wildman–Crippen MR) is 145 cm³/mol. The number of halogens is 3. The lowest BCUT2D eigenvalue weighted by Gasteiger charge is -2.33. The number of rotatable bonds is 9. The summed E-state index contributed by atoms with van der Waals surface area (Å²) in [7, 11) is -3.92. The van der Waals surface area contributed by atoms with Gasteiger partial charge in [-0.05, 0) is 49.6 Å². The zero-order chi connectivity index (χ0) is 26.5. The number of nitrogens with one attached hydrogen (secondary N) is 1. The summed E-state index contributed by atoms with van der Waals surface area (Å²) in [4.78, 5) is 28.2. The average Bonchev–Trinajstić information content (AvgIpc) is 2.83. The molecule has 1 aliphatic carbocycles. The van der Waals surface area contributed by atoms with Crippen molar-refractivity contribution < 1.29 is 18.0 Å². The molecule has 3 rings (SSSR count). The maximum absolute atomic E-state index is 13.6. The van der Waals surface area contributed by atoms with Gasteiger partial charge in [-0.2, -0.15) is 0 Å². The lowest BCUT2D eigenvalue weighted by atomic mass is 9.95. The summed E-state index contributed by atoms with van der Waals surface area (Å²) in [5.41, 5.74) is 0.716. The highest BCUT2D eigenvalue weighted by Crippen LogP contribution is 2.31. The molecule has 0 heterocycles. The van der Waals surface area contributed by atoms with Gasteiger partial charge in [0.15, 0.2) is 0 Å². The van der Waals surface area contributed by atoms with Crippen molar-refractivity contribution in [2.75, 3.05) is 17.1 Å². The third-order valence-electron chi connectivity index (χ3n) is 6.27. The molecule has 1 atom stereocenters. The van der Waals surface area contributed by atoms with E-state index in [2.05, 4.69) is 5.32 Å². The molecule has 0 bridgehead atoms. The molecule has 0 aliphatic heterocycles. The van der Waals surface area contributed by atoms with Gasteiger partial charge < -0.3 is 10.2 Å². The number of amides is 2. The Morgan fingerprint density at radius 2 is 1.69 bits per heavy atom. The van der Waals surface area contributed by atoms with Crippen molar-refractivity contribution >= 4 is 62.3 Å². The molecule has 1 saturated carbocycles. The van der Waals surface area contributed by atoms with Crippen molar-refractivity contribution in [3.05, 3.63) is 63.1 Å². The number of carbonyl (C=O) groups excluding carboxylic acids is 2. The molecule has 11 heteroatoms. The lowest BCUT2D eigenvalue weighted by Crippen LogP contribution is -2.53. The van der Waals surface area contributed by atoms with Crippen molar-refractivity contribution in [2.24, 2.45) is 0 Å². The highest BCUT2D eigenvalue weighted by Gasteiger charge is 2.32. The van der Waals surface area contributed by atoms with Crippen LogP contribution in [0.1, 0.15) is 44.6 Å². The van der Waals surface area contributed by atoms with Crippen LogP contribution in [0.4, 0.5) is 5.69 Å². The number of nitrogens with zero attached hydrogens (tertiary/aromatic N) is 2. The Morgan fingerprint density at radius 1 is 1.03 bits per heavy atom. The fourth-order valence-electron chi connectivity index (χ4n) is 4.23. The minimum Gasteiger partial charge on any atom is -0.352 e. The molecule has 0 spiro atoms. The normalized spacial score (nSPS) is 15.2. The highest BCUT2D eigenvalue weighted by atomic mass is 35.5. The number of hydrogen-bond donors (Lipinski definition) is 1. The van der Waals surface area contributed by atoms with E-state index in [9.17, 15) is 18.0 Å². The molecule has 7 nitrogen and oxygen atoms in total. The molecule has 2 aromatic carbocycles. The van der Waals surface area contributed by atoms with Crippen LogP contribution in [0.5, 0.6) is 0 Å². The fraction of sp³-hybridized carbons (Fsp3) is 0.440. The molecular formula is C25H30Cl3N3O4S. The van der Waals surface area contributed by atoms with Gasteiger partial charge in [-0.15, -0.1) is 0 Å². The highest BCUT2D eigenvalue weighted by molar-refractivity contribution is 7.92. The molecule has 1 N–H and O–H groups in total. The van der Waals surface area contributed by atoms with Gasteiger partial charge in [0.1, 0.15) is 12.6 Å². The van der Waals surface area contributed by atoms with Crippen LogP contribution < -0.4 is 9.62 Å². The van der Waals surface area contributed by atoms with Crippen LogP contribution in [0.25, 0.3) is 0 Å². The maximum atomic E-state index is 13.6. The second-order valence-corrected chi connectivity index (χ2v) is 12.2. The standard InChI is InChI=1S/C25H30Cl3N3O4S/c1-17(25(33)29-20-9-4-3-5-10-20)30(15-18-8-6-7-11-21(18)27)24(32)16-31(36(2,34)35)23-14-19(26)12-13-22(23)28/h6-8,11-14,17,20H,3-5,9-10,15-16H2,1-2H3,(H,29,33)/t17-/m1/s1. The van der Waals surface area contributed by atoms with E-state index in [1.54, 1.807) is 31.2 Å². The van der Waals surface area contributed by atoms with Gasteiger partial charge >= 0.3 is 0 Å². The van der Waals surface area contributed by atoms with E-state index in [1.165, 1.54) is 23.1 Å². The van der Waals surface area contributed by atoms with Crippen molar-refractivity contribution in [1.29, 1.82) is 0 Å². The number of anilines is 1. The molecule has 2 amide bonds. The van der Waals surface area contributed by atoms with E-state index in [4.69, 9.17) is 34.8 Å². The molecule has 1 aliphatic rings. The molecule has 2 aromatic rings. The average molecular weight is 575 g/mol. The molecule has 0 radical (unpaired) electrons. The van der Waals surface area contributed by atoms with Crippen LogP contribution in [0, 0.1) is 0 Å². The first kappa shape index (κ1) is 28.6. The summed E-state index contributed by atoms with van der Waals surface area (Å²) < 4.78 is 26.3. The van der Waals surface area contributed by atoms with Crippen molar-refractivity contribution in [2.45, 2.75) is 57.7 Å². The summed E-state index contributed by atoms with van der Waals surface area (Å²) in [6.07, 6.45) is 6.01. The first-order chi connectivity index (χ1) is 17.0. The molecule has 36 heavy (non-hydrogen) atoms. The van der Waals surface area contributed by atoms with Gasteiger partial charge in [0.05, 0.1) is 17.0 Å². The Bertz CT molecular complexity index is 1200. The maximum Gasteiger partial charge on any atom is 0.244 e. The van der Waals surface area contributed by atoms with Gasteiger partial charge in [-0.3, -0.25) is 13.9 Å². The zero-order valence-corrected chi connectivity index (χ0v) is 23.3. The minimum atomic E-state index is -3.92. The number of benzene rings is 2. The van der Waals surface area contributed by atoms with Gasteiger partial charge in [0.2, 0.25) is 21.8 Å². The van der Waals surface area contributed by atoms with Crippen LogP contribution in [-0.2, 0) is 26.2 Å². The van der Waals surface area contributed by atoms with Crippen molar-refractivity contribution in [1.82, 2.24) is 10.2 Å². The largest absolute Gasteiger partial charge is 0.352 e. The molecular weight excluding hydrogens is 545 g/mol. The second kappa shape index (κ2) is 12.5. The Labute approximate surface area is 227 Å². The van der Waals surface area contributed by atoms with E-state index < -0.39 is 28.5 Å². The summed E-state index contributed by atoms with van der Waals surface area (Å²) in [6, 6.07) is 10.6. The van der Waals surface area contributed by atoms with Crippen LogP contribution in [0.2, 0.25) is 15.1 Å². The van der Waals surface area contributed by atoms with Crippen LogP contribution in [0.15, 0.2) is 42.5 Å². The monoisotopic (exact) mass is 573 g/mol. The topological polar surface area (TPSA) is 86.8 Å². The van der Waals surface area contributed by atoms with E-state index in [0.717, 1.165) is 42.7 Å². The third kappa shape index (κ3) is 7.51. The Hall–Kier alpha value is -2.00. The minimum absolute atomic E-state index is 0.0264. The number of carbonyl (C=O) groups is 2. The number of sulfonamides is 1. The van der Waals surface area contributed by atoms with Crippen molar-refractivity contribution in [3.8, 4) is 0 Å². The first-order valence-electron chi connectivity index (χ1n) is 11.7. The molecule has 1 fully saturated rings. The fourth-order valence-corrected chi connectivity index (χ4v) is 5.72. The van der Waals surface area contributed by atoms with E-state index >= 15 is 0 Å². The molecule has 0 unspecified atom stereocenters. The predicted octanol–water partition coefficient (Wildman–Crippen LogP) is 5.28. The summed E-state index contributed by atoms with van der Waals surface area (Å²) in [5.74, 6) is -0.878. The number of hydrogen-bond acceptors (Lipinski definition) is 4. The summed E-state index contributed by atoms with van der Waals surface area (Å²) >= 11 is 18.7. The SMILES string of the molecule is C[C@H](C(=O)NC1CCCCC1)N(Cc1ccccc1Cl)C(=O)CN(c1cc(Cl)ccc1Cl)S(C)(=O)=O. The van der Waals surface area contributed by atoms with Crippen molar-refractivity contribution in [3.63, 3.8) is 0 Å². The van der Waals surface area contributed by atoms with Gasteiger partial charge in [0, 0.05) is 22.6 Å². The van der Waals surface area contributed by atoms with Crippen LogP contribution >= 0.6 is 34.8 Å². The molecule has 0 saturated heterocycles. The van der Waals surface area contributed by atoms with E-state index in [0.29, 0.717) is 10.6 Å². The molecule has 0 aromatic heterocycles. The summed E-state index contributed by atoms with van der Waals surface area (Å²) in [6.45, 7) is 1.09. The van der Waals surface area contributed by atoms with Gasteiger partial charge in [0.25, 0.3) is 0 Å². The smallest absolute Gasteiger partial charge is 0.244 e. The van der Waals surface area contributed by atoms with Crippen LogP contribution in [-0.4, -0.2) is 50.0 Å². The second-order valence-electron chi connectivity index (χ2n) is 9.00. The zero-order valence-electron chi connectivity index (χ0n) is 20.2. The first-order valence-corrected chi connectivity index (χ1v) is 14.7. The quantitative estimate of drug-likeness (QED) is 0.442. The van der Waals surface area contributed by atoms with E-state index in [-0.39, 0.29) is 34.2 Å². The Kier molecular flexibility index (Phi) is 9.92. The Morgan fingerprint density at radius 3 is 2.33 bits per heavy atom.